The zero-order valence-electron chi connectivity index (χ0n) is 9.26. The number of fused-ring (bicyclic) bond motifs is 1. The van der Waals surface area contributed by atoms with E-state index < -0.39 is 0 Å². The molecular weight excluding hydrogens is 212 g/mol. The summed E-state index contributed by atoms with van der Waals surface area (Å²) in [5, 5.41) is 3.38. The summed E-state index contributed by atoms with van der Waals surface area (Å²) in [6, 6.07) is 11.5. The SMILES string of the molecule is O=C1C[C@H](c2cccnc2)Nc2ccccc21. The number of ketones is 1. The quantitative estimate of drug-likeness (QED) is 0.809. The van der Waals surface area contributed by atoms with Crippen LogP contribution in [0.5, 0.6) is 0 Å². The van der Waals surface area contributed by atoms with Crippen LogP contribution in [0.2, 0.25) is 0 Å². The number of anilines is 1. The van der Waals surface area contributed by atoms with Gasteiger partial charge in [-0.3, -0.25) is 9.78 Å². The highest BCUT2D eigenvalue weighted by Crippen LogP contribution is 2.31. The minimum Gasteiger partial charge on any atom is -0.377 e. The second kappa shape index (κ2) is 4.01. The number of para-hydroxylation sites is 1. The van der Waals surface area contributed by atoms with Crippen molar-refractivity contribution < 1.29 is 4.79 Å². The molecule has 1 aromatic carbocycles. The lowest BCUT2D eigenvalue weighted by molar-refractivity contribution is 0.0972. The number of carbonyl (C=O) groups excluding carboxylic acids is 1. The summed E-state index contributed by atoms with van der Waals surface area (Å²) in [5.41, 5.74) is 2.75. The number of carbonyl (C=O) groups is 1. The van der Waals surface area contributed by atoms with Crippen molar-refractivity contribution in [1.29, 1.82) is 0 Å². The van der Waals surface area contributed by atoms with Crippen molar-refractivity contribution in [2.75, 3.05) is 5.32 Å². The fourth-order valence-electron chi connectivity index (χ4n) is 2.17. The van der Waals surface area contributed by atoms with E-state index >= 15 is 0 Å². The van der Waals surface area contributed by atoms with Crippen molar-refractivity contribution in [3.8, 4) is 0 Å². The van der Waals surface area contributed by atoms with Gasteiger partial charge in [0.05, 0.1) is 6.04 Å². The summed E-state index contributed by atoms with van der Waals surface area (Å²) >= 11 is 0. The highest BCUT2D eigenvalue weighted by atomic mass is 16.1. The fraction of sp³-hybridized carbons (Fsp3) is 0.143. The van der Waals surface area contributed by atoms with Gasteiger partial charge in [-0.15, -0.1) is 0 Å². The molecule has 0 unspecified atom stereocenters. The summed E-state index contributed by atoms with van der Waals surface area (Å²) in [6.45, 7) is 0. The first-order valence-corrected chi connectivity index (χ1v) is 5.63. The maximum absolute atomic E-state index is 12.0. The molecule has 1 aliphatic rings. The first-order valence-electron chi connectivity index (χ1n) is 5.63. The number of nitrogens with zero attached hydrogens (tertiary/aromatic N) is 1. The third kappa shape index (κ3) is 1.80. The van der Waals surface area contributed by atoms with E-state index in [4.69, 9.17) is 0 Å². The smallest absolute Gasteiger partial charge is 0.167 e. The summed E-state index contributed by atoms with van der Waals surface area (Å²) in [5.74, 6) is 0.188. The number of aromatic nitrogens is 1. The molecule has 3 nitrogen and oxygen atoms in total. The van der Waals surface area contributed by atoms with E-state index in [0.717, 1.165) is 16.8 Å². The Labute approximate surface area is 99.5 Å². The molecule has 3 rings (SSSR count). The van der Waals surface area contributed by atoms with Gasteiger partial charge in [-0.1, -0.05) is 18.2 Å². The highest BCUT2D eigenvalue weighted by Gasteiger charge is 2.24. The zero-order chi connectivity index (χ0) is 11.7. The van der Waals surface area contributed by atoms with E-state index in [0.29, 0.717) is 6.42 Å². The number of rotatable bonds is 1. The van der Waals surface area contributed by atoms with Crippen LogP contribution in [-0.2, 0) is 0 Å². The highest BCUT2D eigenvalue weighted by molar-refractivity contribution is 6.03. The Morgan fingerprint density at radius 3 is 2.88 bits per heavy atom. The molecule has 1 aromatic heterocycles. The largest absolute Gasteiger partial charge is 0.377 e. The van der Waals surface area contributed by atoms with Crippen LogP contribution in [0.3, 0.4) is 0 Å². The number of Topliss-reactive ketones (excluding diaryl/α,β-unsaturated/α-hetero) is 1. The second-order valence-corrected chi connectivity index (χ2v) is 4.16. The maximum atomic E-state index is 12.0. The average molecular weight is 224 g/mol. The predicted octanol–water partition coefficient (Wildman–Crippen LogP) is 2.82. The van der Waals surface area contributed by atoms with Gasteiger partial charge in [0, 0.05) is 30.1 Å². The van der Waals surface area contributed by atoms with E-state index in [9.17, 15) is 4.79 Å². The monoisotopic (exact) mass is 224 g/mol. The van der Waals surface area contributed by atoms with Gasteiger partial charge >= 0.3 is 0 Å². The number of benzene rings is 1. The Morgan fingerprint density at radius 2 is 2.06 bits per heavy atom. The second-order valence-electron chi connectivity index (χ2n) is 4.16. The first kappa shape index (κ1) is 10.0. The summed E-state index contributed by atoms with van der Waals surface area (Å²) < 4.78 is 0. The van der Waals surface area contributed by atoms with E-state index in [-0.39, 0.29) is 11.8 Å². The van der Waals surface area contributed by atoms with Crippen LogP contribution in [0.4, 0.5) is 5.69 Å². The molecule has 1 atom stereocenters. The normalized spacial score (nSPS) is 18.4. The van der Waals surface area contributed by atoms with E-state index in [1.165, 1.54) is 0 Å². The molecule has 17 heavy (non-hydrogen) atoms. The van der Waals surface area contributed by atoms with Crippen LogP contribution >= 0.6 is 0 Å². The molecule has 1 N–H and O–H groups in total. The molecule has 0 aliphatic carbocycles. The number of hydrogen-bond donors (Lipinski definition) is 1. The Balaban J connectivity index is 1.97. The van der Waals surface area contributed by atoms with Gasteiger partial charge in [-0.2, -0.15) is 0 Å². The third-order valence-corrected chi connectivity index (χ3v) is 3.03. The summed E-state index contributed by atoms with van der Waals surface area (Å²) in [4.78, 5) is 16.1. The number of pyridine rings is 1. The molecule has 2 aromatic rings. The van der Waals surface area contributed by atoms with Crippen molar-refractivity contribution in [1.82, 2.24) is 4.98 Å². The molecule has 2 heterocycles. The van der Waals surface area contributed by atoms with Gasteiger partial charge in [0.1, 0.15) is 0 Å². The molecule has 0 spiro atoms. The van der Waals surface area contributed by atoms with Gasteiger partial charge in [0.15, 0.2) is 5.78 Å². The van der Waals surface area contributed by atoms with Crippen molar-refractivity contribution in [3.63, 3.8) is 0 Å². The zero-order valence-corrected chi connectivity index (χ0v) is 9.26. The molecule has 84 valence electrons. The predicted molar refractivity (Wildman–Crippen MR) is 66.0 cm³/mol. The van der Waals surface area contributed by atoms with Crippen LogP contribution < -0.4 is 5.32 Å². The topological polar surface area (TPSA) is 42.0 Å². The van der Waals surface area contributed by atoms with E-state index in [1.54, 1.807) is 12.4 Å². The lowest BCUT2D eigenvalue weighted by atomic mass is 9.93. The molecule has 0 saturated carbocycles. The maximum Gasteiger partial charge on any atom is 0.167 e. The van der Waals surface area contributed by atoms with E-state index in [2.05, 4.69) is 10.3 Å². The van der Waals surface area contributed by atoms with Gasteiger partial charge in [0.2, 0.25) is 0 Å². The Hall–Kier alpha value is -2.16. The third-order valence-electron chi connectivity index (χ3n) is 3.03. The minimum absolute atomic E-state index is 0.0334. The van der Waals surface area contributed by atoms with Crippen molar-refractivity contribution >= 4 is 11.5 Å². The van der Waals surface area contributed by atoms with Gasteiger partial charge < -0.3 is 5.32 Å². The Morgan fingerprint density at radius 1 is 1.18 bits per heavy atom. The molecule has 1 aliphatic heterocycles. The fourth-order valence-corrected chi connectivity index (χ4v) is 2.17. The van der Waals surface area contributed by atoms with E-state index in [1.807, 2.05) is 36.4 Å². The Kier molecular flexibility index (Phi) is 2.37. The van der Waals surface area contributed by atoms with Crippen LogP contribution in [0, 0.1) is 0 Å². The van der Waals surface area contributed by atoms with Crippen molar-refractivity contribution in [2.45, 2.75) is 12.5 Å². The van der Waals surface area contributed by atoms with Gasteiger partial charge in [-0.25, -0.2) is 0 Å². The lowest BCUT2D eigenvalue weighted by Gasteiger charge is -2.26. The standard InChI is InChI=1S/C14H12N2O/c17-14-8-13(10-4-3-7-15-9-10)16-12-6-2-1-5-11(12)14/h1-7,9,13,16H,8H2/t13-/m1/s1. The molecule has 3 heteroatoms. The number of nitrogens with one attached hydrogen (secondary N) is 1. The summed E-state index contributed by atoms with van der Waals surface area (Å²) in [7, 11) is 0. The lowest BCUT2D eigenvalue weighted by Crippen LogP contribution is -2.22. The van der Waals surface area contributed by atoms with Gasteiger partial charge in [0.25, 0.3) is 0 Å². The van der Waals surface area contributed by atoms with Crippen LogP contribution in [0.25, 0.3) is 0 Å². The van der Waals surface area contributed by atoms with Crippen LogP contribution in [-0.4, -0.2) is 10.8 Å². The summed E-state index contributed by atoms with van der Waals surface area (Å²) in [6.07, 6.45) is 4.03. The van der Waals surface area contributed by atoms with Crippen LogP contribution in [0.1, 0.15) is 28.4 Å². The van der Waals surface area contributed by atoms with Crippen molar-refractivity contribution in [3.05, 3.63) is 59.9 Å². The average Bonchev–Trinajstić information content (AvgIpc) is 2.40. The molecule has 0 saturated heterocycles. The van der Waals surface area contributed by atoms with Crippen molar-refractivity contribution in [2.24, 2.45) is 0 Å². The van der Waals surface area contributed by atoms with Gasteiger partial charge in [-0.05, 0) is 23.8 Å². The number of hydrogen-bond acceptors (Lipinski definition) is 3. The van der Waals surface area contributed by atoms with Crippen LogP contribution in [0.15, 0.2) is 48.8 Å². The minimum atomic E-state index is 0.0334. The molecule has 0 radical (unpaired) electrons. The molecule has 0 amide bonds. The molecule has 0 fully saturated rings. The molecule has 0 bridgehead atoms. The molecular formula is C14H12N2O. The Bertz CT molecular complexity index is 551. The first-order chi connectivity index (χ1) is 8.34.